The van der Waals surface area contributed by atoms with Crippen molar-refractivity contribution in [3.8, 4) is 0 Å². The molecule has 0 aromatic heterocycles. The summed E-state index contributed by atoms with van der Waals surface area (Å²) in [7, 11) is 0. The smallest absolute Gasteiger partial charge is 0.321 e. The van der Waals surface area contributed by atoms with E-state index in [0.717, 1.165) is 37.4 Å². The molecule has 0 radical (unpaired) electrons. The predicted octanol–water partition coefficient (Wildman–Crippen LogP) is 4.27. The number of urea groups is 1. The molecule has 1 heterocycles. The van der Waals surface area contributed by atoms with Gasteiger partial charge in [-0.15, -0.1) is 0 Å². The van der Waals surface area contributed by atoms with Crippen molar-refractivity contribution in [1.82, 2.24) is 4.90 Å². The molecule has 0 saturated carbocycles. The van der Waals surface area contributed by atoms with Crippen LogP contribution in [0.2, 0.25) is 0 Å². The van der Waals surface area contributed by atoms with Crippen LogP contribution in [0.15, 0.2) is 36.4 Å². The monoisotopic (exact) mass is 337 g/mol. The van der Waals surface area contributed by atoms with Crippen molar-refractivity contribution in [1.29, 1.82) is 0 Å². The summed E-state index contributed by atoms with van der Waals surface area (Å²) < 4.78 is 0. The zero-order valence-electron chi connectivity index (χ0n) is 15.6. The van der Waals surface area contributed by atoms with Crippen molar-refractivity contribution < 1.29 is 4.79 Å². The number of rotatable bonds is 2. The predicted molar refractivity (Wildman–Crippen MR) is 105 cm³/mol. The van der Waals surface area contributed by atoms with Crippen LogP contribution in [0, 0.1) is 27.7 Å². The normalized spacial score (nSPS) is 14.6. The average molecular weight is 337 g/mol. The molecular weight excluding hydrogens is 310 g/mol. The molecule has 4 nitrogen and oxygen atoms in total. The maximum absolute atomic E-state index is 12.6. The molecule has 2 amide bonds. The fourth-order valence-electron chi connectivity index (χ4n) is 3.38. The van der Waals surface area contributed by atoms with Crippen LogP contribution in [0.3, 0.4) is 0 Å². The summed E-state index contributed by atoms with van der Waals surface area (Å²) in [6.07, 6.45) is 0. The highest BCUT2D eigenvalue weighted by atomic mass is 16.2. The second-order valence-corrected chi connectivity index (χ2v) is 7.00. The van der Waals surface area contributed by atoms with Gasteiger partial charge in [0.05, 0.1) is 0 Å². The Morgan fingerprint density at radius 3 is 2.20 bits per heavy atom. The fourth-order valence-corrected chi connectivity index (χ4v) is 3.38. The second kappa shape index (κ2) is 7.18. The molecule has 1 aliphatic rings. The second-order valence-electron chi connectivity index (χ2n) is 7.00. The van der Waals surface area contributed by atoms with Crippen molar-refractivity contribution in [3.63, 3.8) is 0 Å². The maximum atomic E-state index is 12.6. The number of nitrogens with zero attached hydrogens (tertiary/aromatic N) is 2. The average Bonchev–Trinajstić information content (AvgIpc) is 2.58. The number of hydrogen-bond acceptors (Lipinski definition) is 2. The highest BCUT2D eigenvalue weighted by Gasteiger charge is 2.22. The minimum absolute atomic E-state index is 0.00577. The summed E-state index contributed by atoms with van der Waals surface area (Å²) in [5, 5.41) is 3.06. The molecule has 2 aromatic carbocycles. The van der Waals surface area contributed by atoms with Gasteiger partial charge in [-0.1, -0.05) is 18.2 Å². The van der Waals surface area contributed by atoms with E-state index in [1.807, 2.05) is 24.0 Å². The van der Waals surface area contributed by atoms with Gasteiger partial charge in [0.2, 0.25) is 0 Å². The van der Waals surface area contributed by atoms with Gasteiger partial charge in [0.25, 0.3) is 0 Å². The largest absolute Gasteiger partial charge is 0.368 e. The van der Waals surface area contributed by atoms with Crippen LogP contribution in [-0.2, 0) is 0 Å². The number of piperazine rings is 1. The van der Waals surface area contributed by atoms with Gasteiger partial charge in [-0.3, -0.25) is 0 Å². The number of anilines is 2. The van der Waals surface area contributed by atoms with Gasteiger partial charge in [0, 0.05) is 37.6 Å². The highest BCUT2D eigenvalue weighted by molar-refractivity contribution is 5.90. The first-order valence-corrected chi connectivity index (χ1v) is 8.89. The Balaban J connectivity index is 1.62. The van der Waals surface area contributed by atoms with E-state index in [-0.39, 0.29) is 6.03 Å². The van der Waals surface area contributed by atoms with E-state index in [2.05, 4.69) is 55.3 Å². The molecule has 1 fully saturated rings. The van der Waals surface area contributed by atoms with Crippen molar-refractivity contribution in [3.05, 3.63) is 58.7 Å². The minimum atomic E-state index is -0.00577. The van der Waals surface area contributed by atoms with E-state index < -0.39 is 0 Å². The molecule has 0 aliphatic carbocycles. The lowest BCUT2D eigenvalue weighted by Gasteiger charge is -2.36. The zero-order valence-corrected chi connectivity index (χ0v) is 15.6. The minimum Gasteiger partial charge on any atom is -0.368 e. The molecule has 3 rings (SSSR count). The Morgan fingerprint density at radius 1 is 0.920 bits per heavy atom. The van der Waals surface area contributed by atoms with Crippen LogP contribution < -0.4 is 10.2 Å². The van der Waals surface area contributed by atoms with Gasteiger partial charge in [-0.05, 0) is 68.1 Å². The molecule has 0 atom stereocenters. The van der Waals surface area contributed by atoms with Gasteiger partial charge in [0.15, 0.2) is 0 Å². The third-order valence-electron chi connectivity index (χ3n) is 4.98. The first-order chi connectivity index (χ1) is 11.9. The van der Waals surface area contributed by atoms with Crippen molar-refractivity contribution in [2.75, 3.05) is 36.4 Å². The molecule has 0 bridgehead atoms. The van der Waals surface area contributed by atoms with Crippen molar-refractivity contribution >= 4 is 17.4 Å². The molecule has 1 N–H and O–H groups in total. The lowest BCUT2D eigenvalue weighted by Crippen LogP contribution is -2.50. The highest BCUT2D eigenvalue weighted by Crippen LogP contribution is 2.22. The molecule has 4 heteroatoms. The van der Waals surface area contributed by atoms with Gasteiger partial charge in [-0.2, -0.15) is 0 Å². The van der Waals surface area contributed by atoms with Crippen LogP contribution in [0.1, 0.15) is 22.3 Å². The van der Waals surface area contributed by atoms with E-state index in [9.17, 15) is 4.79 Å². The summed E-state index contributed by atoms with van der Waals surface area (Å²) in [6.45, 7) is 11.6. The summed E-state index contributed by atoms with van der Waals surface area (Å²) >= 11 is 0. The first kappa shape index (κ1) is 17.3. The van der Waals surface area contributed by atoms with Gasteiger partial charge in [-0.25, -0.2) is 4.79 Å². The quantitative estimate of drug-likeness (QED) is 0.888. The Morgan fingerprint density at radius 2 is 1.56 bits per heavy atom. The molecule has 1 aliphatic heterocycles. The molecule has 1 saturated heterocycles. The number of aryl methyl sites for hydroxylation is 3. The van der Waals surface area contributed by atoms with Crippen LogP contribution in [0.5, 0.6) is 0 Å². The Labute approximate surface area is 150 Å². The third-order valence-corrected chi connectivity index (χ3v) is 4.98. The number of carbonyl (C=O) groups is 1. The number of carbonyl (C=O) groups excluding carboxylic acids is 1. The Hall–Kier alpha value is -2.49. The van der Waals surface area contributed by atoms with Crippen LogP contribution in [0.4, 0.5) is 16.2 Å². The number of nitrogens with one attached hydrogen (secondary N) is 1. The lowest BCUT2D eigenvalue weighted by molar-refractivity contribution is 0.208. The molecular formula is C21H27N3O. The van der Waals surface area contributed by atoms with E-state index >= 15 is 0 Å². The van der Waals surface area contributed by atoms with Gasteiger partial charge in [0.1, 0.15) is 0 Å². The molecule has 0 unspecified atom stereocenters. The van der Waals surface area contributed by atoms with E-state index in [1.54, 1.807) is 0 Å². The van der Waals surface area contributed by atoms with Crippen molar-refractivity contribution in [2.45, 2.75) is 27.7 Å². The summed E-state index contributed by atoms with van der Waals surface area (Å²) in [4.78, 5) is 16.8. The van der Waals surface area contributed by atoms with Crippen LogP contribution in [-0.4, -0.2) is 37.1 Å². The molecule has 132 valence electrons. The first-order valence-electron chi connectivity index (χ1n) is 8.89. The van der Waals surface area contributed by atoms with Gasteiger partial charge < -0.3 is 15.1 Å². The molecule has 25 heavy (non-hydrogen) atoms. The van der Waals surface area contributed by atoms with Gasteiger partial charge >= 0.3 is 6.03 Å². The summed E-state index contributed by atoms with van der Waals surface area (Å²) in [5.74, 6) is 0. The molecule has 2 aromatic rings. The van der Waals surface area contributed by atoms with Crippen molar-refractivity contribution in [2.24, 2.45) is 0 Å². The SMILES string of the molecule is Cc1cc(C)cc(N2CCN(C(=O)Nc3cccc(C)c3C)CC2)c1. The van der Waals surface area contributed by atoms with Crippen LogP contribution >= 0.6 is 0 Å². The fraction of sp³-hybridized carbons (Fsp3) is 0.381. The number of hydrogen-bond donors (Lipinski definition) is 1. The summed E-state index contributed by atoms with van der Waals surface area (Å²) in [6, 6.07) is 12.6. The lowest BCUT2D eigenvalue weighted by atomic mass is 10.1. The number of benzene rings is 2. The van der Waals surface area contributed by atoms with E-state index in [1.165, 1.54) is 22.4 Å². The standard InChI is InChI=1S/C21H27N3O/c1-15-12-16(2)14-19(13-15)23-8-10-24(11-9-23)21(25)22-20-7-5-6-17(3)18(20)4/h5-7,12-14H,8-11H2,1-4H3,(H,22,25). The summed E-state index contributed by atoms with van der Waals surface area (Å²) in [5.41, 5.74) is 7.05. The zero-order chi connectivity index (χ0) is 18.0. The Bertz CT molecular complexity index is 756. The third kappa shape index (κ3) is 3.95. The van der Waals surface area contributed by atoms with Crippen LogP contribution in [0.25, 0.3) is 0 Å². The van der Waals surface area contributed by atoms with E-state index in [0.29, 0.717) is 0 Å². The molecule has 0 spiro atoms. The topological polar surface area (TPSA) is 35.6 Å². The number of amides is 2. The Kier molecular flexibility index (Phi) is 4.98. The maximum Gasteiger partial charge on any atom is 0.321 e. The van der Waals surface area contributed by atoms with E-state index in [4.69, 9.17) is 0 Å².